The molecule has 0 aromatic heterocycles. The summed E-state index contributed by atoms with van der Waals surface area (Å²) in [5, 5.41) is 0. The summed E-state index contributed by atoms with van der Waals surface area (Å²) in [5.74, 6) is 2.96. The summed E-state index contributed by atoms with van der Waals surface area (Å²) in [5.41, 5.74) is 1.70. The minimum atomic E-state index is 0. The maximum absolute atomic E-state index is 2.38. The highest BCUT2D eigenvalue weighted by Gasteiger charge is 2.33. The molecule has 0 N–H and O–H groups in total. The van der Waals surface area contributed by atoms with Crippen molar-refractivity contribution in [1.82, 2.24) is 4.90 Å². The summed E-state index contributed by atoms with van der Waals surface area (Å²) in [7, 11) is 2.18. The molecule has 0 spiro atoms. The molecule has 0 unspecified atom stereocenters. The smallest absolute Gasteiger partial charge is 0.00240 e. The van der Waals surface area contributed by atoms with Crippen LogP contribution in [0.5, 0.6) is 0 Å². The zero-order valence-electron chi connectivity index (χ0n) is 20.8. The van der Waals surface area contributed by atoms with Crippen molar-refractivity contribution in [3.05, 3.63) is 0 Å². The van der Waals surface area contributed by atoms with Gasteiger partial charge in [-0.2, -0.15) is 0 Å². The summed E-state index contributed by atoms with van der Waals surface area (Å²) in [4.78, 5) is 2.37. The molecule has 0 aromatic carbocycles. The van der Waals surface area contributed by atoms with Gasteiger partial charge in [0, 0.05) is 13.1 Å². The van der Waals surface area contributed by atoms with Crippen molar-refractivity contribution >= 4 is 0 Å². The quantitative estimate of drug-likeness (QED) is 0.383. The van der Waals surface area contributed by atoms with Crippen LogP contribution >= 0.6 is 0 Å². The van der Waals surface area contributed by atoms with Crippen LogP contribution in [0.15, 0.2) is 0 Å². The van der Waals surface area contributed by atoms with Crippen LogP contribution < -0.4 is 0 Å². The van der Waals surface area contributed by atoms with E-state index in [1.807, 2.05) is 0 Å². The molecule has 0 aromatic rings. The zero-order chi connectivity index (χ0) is 20.9. The monoisotopic (exact) mass is 411 g/mol. The first kappa shape index (κ1) is 31.1. The fourth-order valence-corrected chi connectivity index (χ4v) is 4.49. The first-order valence-electron chi connectivity index (χ1n) is 11.9. The largest absolute Gasteiger partial charge is 0.306 e. The molecule has 29 heavy (non-hydrogen) atoms. The molecule has 3 aliphatic rings. The molecule has 1 heterocycles. The van der Waals surface area contributed by atoms with Gasteiger partial charge in [0.05, 0.1) is 0 Å². The lowest BCUT2D eigenvalue weighted by Crippen LogP contribution is -2.49. The van der Waals surface area contributed by atoms with Gasteiger partial charge in [-0.05, 0) is 66.7 Å². The first-order valence-corrected chi connectivity index (χ1v) is 11.9. The number of hydrogen-bond acceptors (Lipinski definition) is 1. The number of hydrogen-bond donors (Lipinski definition) is 0. The molecule has 1 heteroatoms. The second kappa shape index (κ2) is 12.7. The minimum absolute atomic E-state index is 0. The average Bonchev–Trinajstić information content (AvgIpc) is 2.41. The van der Waals surface area contributed by atoms with E-state index in [1.54, 1.807) is 0 Å². The Kier molecular flexibility index (Phi) is 13.7. The van der Waals surface area contributed by atoms with Crippen LogP contribution in [0, 0.1) is 34.0 Å². The number of nitrogens with zero attached hydrogens (tertiary/aromatic N) is 1. The van der Waals surface area contributed by atoms with Gasteiger partial charge in [-0.25, -0.2) is 0 Å². The van der Waals surface area contributed by atoms with Crippen molar-refractivity contribution in [1.29, 1.82) is 0 Å². The maximum Gasteiger partial charge on any atom is 0.00240 e. The van der Waals surface area contributed by atoms with Gasteiger partial charge < -0.3 is 4.90 Å². The lowest BCUT2D eigenvalue weighted by Gasteiger charge is -2.44. The molecule has 2 aliphatic carbocycles. The fraction of sp³-hybridized carbons (Fsp3) is 1.00. The van der Waals surface area contributed by atoms with E-state index in [1.165, 1.54) is 64.5 Å². The Bertz CT molecular complexity index is 388. The standard InChI is InChI=1S/C10H20.C8H17N.C8H16.2CH4/c1-10(2,3)9-7-5-4-6-8-9;1-8(2,3)7-5-9(4)6-7;1-8(2,3)7-5-4-6-7;;/h9H,4-8H2,1-3H3;7H,5-6H2,1-4H3;7H,4-6H2,1-3H3;2*1H4. The summed E-state index contributed by atoms with van der Waals surface area (Å²) < 4.78 is 0. The second-order valence-corrected chi connectivity index (χ2v) is 13.0. The SMILES string of the molecule is C.C.CC(C)(C)C1CCC1.CC(C)(C)C1CCCCC1.CN1CC(C(C)(C)C)C1. The van der Waals surface area contributed by atoms with Gasteiger partial charge in [-0.15, -0.1) is 0 Å². The third kappa shape index (κ3) is 11.8. The van der Waals surface area contributed by atoms with E-state index in [9.17, 15) is 0 Å². The van der Waals surface area contributed by atoms with Gasteiger partial charge in [0.2, 0.25) is 0 Å². The van der Waals surface area contributed by atoms with Crippen LogP contribution in [0.25, 0.3) is 0 Å². The van der Waals surface area contributed by atoms with E-state index < -0.39 is 0 Å². The Morgan fingerprint density at radius 1 is 0.483 bits per heavy atom. The van der Waals surface area contributed by atoms with Gasteiger partial charge in [0.25, 0.3) is 0 Å². The van der Waals surface area contributed by atoms with E-state index in [0.717, 1.165) is 17.8 Å². The topological polar surface area (TPSA) is 3.24 Å². The summed E-state index contributed by atoms with van der Waals surface area (Å²) in [6.07, 6.45) is 11.8. The molecule has 0 amide bonds. The highest BCUT2D eigenvalue weighted by molar-refractivity contribution is 4.85. The van der Waals surface area contributed by atoms with Crippen LogP contribution in [-0.2, 0) is 0 Å². The Labute approximate surface area is 187 Å². The summed E-state index contributed by atoms with van der Waals surface area (Å²) >= 11 is 0. The molecule has 1 aliphatic heterocycles. The van der Waals surface area contributed by atoms with Crippen molar-refractivity contribution < 1.29 is 0 Å². The lowest BCUT2D eigenvalue weighted by atomic mass is 9.69. The summed E-state index contributed by atoms with van der Waals surface area (Å²) in [6, 6.07) is 0. The van der Waals surface area contributed by atoms with Gasteiger partial charge in [-0.1, -0.05) is 103 Å². The van der Waals surface area contributed by atoms with Crippen molar-refractivity contribution in [3.8, 4) is 0 Å². The molecule has 0 atom stereocenters. The van der Waals surface area contributed by atoms with Crippen LogP contribution in [0.3, 0.4) is 0 Å². The van der Waals surface area contributed by atoms with E-state index in [-0.39, 0.29) is 14.9 Å². The van der Waals surface area contributed by atoms with Gasteiger partial charge in [-0.3, -0.25) is 0 Å². The molecule has 3 fully saturated rings. The fourth-order valence-electron chi connectivity index (χ4n) is 4.49. The van der Waals surface area contributed by atoms with Gasteiger partial charge in [0.15, 0.2) is 0 Å². The maximum atomic E-state index is 2.38. The predicted molar refractivity (Wildman–Crippen MR) is 137 cm³/mol. The second-order valence-electron chi connectivity index (χ2n) is 13.0. The molecule has 1 saturated heterocycles. The highest BCUT2D eigenvalue weighted by atomic mass is 15.2. The zero-order valence-corrected chi connectivity index (χ0v) is 20.8. The Hall–Kier alpha value is -0.0400. The summed E-state index contributed by atoms with van der Waals surface area (Å²) in [6.45, 7) is 23.7. The van der Waals surface area contributed by atoms with Crippen LogP contribution in [0.4, 0.5) is 0 Å². The van der Waals surface area contributed by atoms with Gasteiger partial charge >= 0.3 is 0 Å². The highest BCUT2D eigenvalue weighted by Crippen LogP contribution is 2.41. The third-order valence-corrected chi connectivity index (χ3v) is 7.45. The Balaban J connectivity index is 0. The average molecular weight is 412 g/mol. The number of likely N-dealkylation sites (tertiary alicyclic amines) is 1. The Morgan fingerprint density at radius 2 is 0.793 bits per heavy atom. The molecule has 0 bridgehead atoms. The van der Waals surface area contributed by atoms with E-state index >= 15 is 0 Å². The molecule has 178 valence electrons. The third-order valence-electron chi connectivity index (χ3n) is 7.45. The minimum Gasteiger partial charge on any atom is -0.306 e. The molecule has 1 nitrogen and oxygen atoms in total. The predicted octanol–water partition coefficient (Wildman–Crippen LogP) is 9.31. The van der Waals surface area contributed by atoms with Crippen LogP contribution in [0.2, 0.25) is 0 Å². The van der Waals surface area contributed by atoms with Crippen LogP contribution in [-0.4, -0.2) is 25.0 Å². The normalized spacial score (nSPS) is 21.7. The van der Waals surface area contributed by atoms with E-state index in [2.05, 4.69) is 74.3 Å². The molecule has 3 rings (SSSR count). The van der Waals surface area contributed by atoms with Crippen molar-refractivity contribution in [3.63, 3.8) is 0 Å². The van der Waals surface area contributed by atoms with Crippen LogP contribution in [0.1, 0.15) is 129 Å². The van der Waals surface area contributed by atoms with Gasteiger partial charge in [0.1, 0.15) is 0 Å². The van der Waals surface area contributed by atoms with Crippen molar-refractivity contribution in [2.24, 2.45) is 34.0 Å². The lowest BCUT2D eigenvalue weighted by molar-refractivity contribution is 0.0459. The number of rotatable bonds is 0. The molecule has 0 radical (unpaired) electrons. The van der Waals surface area contributed by atoms with Crippen molar-refractivity contribution in [2.75, 3.05) is 20.1 Å². The van der Waals surface area contributed by atoms with Crippen molar-refractivity contribution in [2.45, 2.75) is 129 Å². The Morgan fingerprint density at radius 3 is 0.931 bits per heavy atom. The van der Waals surface area contributed by atoms with E-state index in [0.29, 0.717) is 16.2 Å². The molecular formula is C28H61N. The van der Waals surface area contributed by atoms with E-state index in [4.69, 9.17) is 0 Å². The molecule has 2 saturated carbocycles. The molecular weight excluding hydrogens is 350 g/mol. The first-order chi connectivity index (χ1) is 12.2.